The number of nitrogens with zero attached hydrogens (tertiary/aromatic N) is 1. The summed E-state index contributed by atoms with van der Waals surface area (Å²) in [7, 11) is 0. The van der Waals surface area contributed by atoms with Crippen molar-refractivity contribution in [3.05, 3.63) is 86.5 Å². The molecule has 0 radical (unpaired) electrons. The van der Waals surface area contributed by atoms with Gasteiger partial charge in [0, 0.05) is 17.9 Å². The average Bonchev–Trinajstić information content (AvgIpc) is 3.15. The van der Waals surface area contributed by atoms with Crippen LogP contribution in [0.25, 0.3) is 11.3 Å². The van der Waals surface area contributed by atoms with Gasteiger partial charge < -0.3 is 5.11 Å². The predicted octanol–water partition coefficient (Wildman–Crippen LogP) is 5.67. The number of hydrogen-bond donors (Lipinski definition) is 1. The molecule has 0 aliphatic heterocycles. The Morgan fingerprint density at radius 2 is 1.67 bits per heavy atom. The molecule has 0 saturated heterocycles. The van der Waals surface area contributed by atoms with E-state index in [2.05, 4.69) is 30.3 Å². The lowest BCUT2D eigenvalue weighted by Crippen LogP contribution is -2.00. The lowest BCUT2D eigenvalue weighted by atomic mass is 9.96. The van der Waals surface area contributed by atoms with Gasteiger partial charge in [0.2, 0.25) is 0 Å². The molecule has 138 valence electrons. The Morgan fingerprint density at radius 3 is 2.41 bits per heavy atom. The monoisotopic (exact) mass is 397 g/mol. The van der Waals surface area contributed by atoms with Crippen LogP contribution < -0.4 is 0 Å². The summed E-state index contributed by atoms with van der Waals surface area (Å²) in [5.74, 6) is 0. The van der Waals surface area contributed by atoms with Crippen LogP contribution in [0.15, 0.2) is 48.5 Å². The molecule has 2 nitrogen and oxygen atoms in total. The Morgan fingerprint density at radius 1 is 0.889 bits per heavy atom. The molecule has 27 heavy (non-hydrogen) atoms. The van der Waals surface area contributed by atoms with Gasteiger partial charge in [-0.1, -0.05) is 53.5 Å². The van der Waals surface area contributed by atoms with Crippen molar-refractivity contribution in [3.63, 3.8) is 0 Å². The molecule has 1 heterocycles. The number of halogens is 2. The zero-order chi connectivity index (χ0) is 18.8. The fourth-order valence-corrected chi connectivity index (χ4v) is 4.06. The highest BCUT2D eigenvalue weighted by atomic mass is 35.5. The molecule has 0 saturated carbocycles. The molecule has 4 heteroatoms. The van der Waals surface area contributed by atoms with Crippen LogP contribution in [0.1, 0.15) is 34.4 Å². The van der Waals surface area contributed by atoms with Gasteiger partial charge in [-0.2, -0.15) is 0 Å². The van der Waals surface area contributed by atoms with Gasteiger partial charge >= 0.3 is 0 Å². The number of aliphatic hydroxyl groups is 1. The maximum absolute atomic E-state index is 9.08. The Balaban J connectivity index is 1.69. The highest BCUT2D eigenvalue weighted by Gasteiger charge is 2.19. The van der Waals surface area contributed by atoms with Crippen LogP contribution in [-0.2, 0) is 25.7 Å². The minimum atomic E-state index is 0.185. The Labute approximate surface area is 169 Å². The van der Waals surface area contributed by atoms with Crippen LogP contribution in [0, 0.1) is 0 Å². The van der Waals surface area contributed by atoms with Gasteiger partial charge in [0.05, 0.1) is 15.7 Å². The van der Waals surface area contributed by atoms with Crippen LogP contribution in [0.2, 0.25) is 10.0 Å². The van der Waals surface area contributed by atoms with E-state index in [0.717, 1.165) is 42.5 Å². The first-order valence-electron chi connectivity index (χ1n) is 9.30. The predicted molar refractivity (Wildman–Crippen MR) is 112 cm³/mol. The highest BCUT2D eigenvalue weighted by Crippen LogP contribution is 2.32. The summed E-state index contributed by atoms with van der Waals surface area (Å²) in [5, 5.41) is 10.2. The lowest BCUT2D eigenvalue weighted by molar-refractivity contribution is 0.299. The van der Waals surface area contributed by atoms with Crippen LogP contribution in [0.3, 0.4) is 0 Å². The van der Waals surface area contributed by atoms with E-state index >= 15 is 0 Å². The summed E-state index contributed by atoms with van der Waals surface area (Å²) in [6, 6.07) is 16.4. The van der Waals surface area contributed by atoms with Gasteiger partial charge in [0.15, 0.2) is 0 Å². The third-order valence-electron chi connectivity index (χ3n) is 5.18. The molecular formula is C23H21Cl2NO. The molecule has 1 aromatic heterocycles. The molecule has 2 aromatic carbocycles. The highest BCUT2D eigenvalue weighted by molar-refractivity contribution is 6.42. The zero-order valence-corrected chi connectivity index (χ0v) is 16.5. The molecule has 0 unspecified atom stereocenters. The standard InChI is InChI=1S/C23H21Cl2NO/c24-20-9-8-17(13-21(20)25)23-14-18(19-2-1-3-22(19)26-23)12-16-6-4-15(5-7-16)10-11-27/h4-9,13-14,27H,1-3,10-12H2. The van der Waals surface area contributed by atoms with Gasteiger partial charge in [0.25, 0.3) is 0 Å². The minimum absolute atomic E-state index is 0.185. The first-order chi connectivity index (χ1) is 13.1. The second kappa shape index (κ2) is 8.02. The molecule has 3 aromatic rings. The summed E-state index contributed by atoms with van der Waals surface area (Å²) < 4.78 is 0. The van der Waals surface area contributed by atoms with Crippen molar-refractivity contribution in [1.82, 2.24) is 4.98 Å². The number of fused-ring (bicyclic) bond motifs is 1. The van der Waals surface area contributed by atoms with Crippen LogP contribution >= 0.6 is 23.2 Å². The van der Waals surface area contributed by atoms with Gasteiger partial charge in [0.1, 0.15) is 0 Å². The quantitative estimate of drug-likeness (QED) is 0.601. The summed E-state index contributed by atoms with van der Waals surface area (Å²) in [6.07, 6.45) is 4.88. The number of benzene rings is 2. The maximum Gasteiger partial charge on any atom is 0.0708 e. The number of aliphatic hydroxyl groups excluding tert-OH is 1. The second-order valence-electron chi connectivity index (χ2n) is 7.04. The largest absolute Gasteiger partial charge is 0.396 e. The topological polar surface area (TPSA) is 33.1 Å². The van der Waals surface area contributed by atoms with E-state index in [0.29, 0.717) is 16.5 Å². The molecule has 0 bridgehead atoms. The lowest BCUT2D eigenvalue weighted by Gasteiger charge is -2.13. The number of aryl methyl sites for hydroxylation is 1. The zero-order valence-electron chi connectivity index (χ0n) is 15.0. The van der Waals surface area contributed by atoms with Crippen molar-refractivity contribution >= 4 is 23.2 Å². The minimum Gasteiger partial charge on any atom is -0.396 e. The Bertz CT molecular complexity index is 967. The third-order valence-corrected chi connectivity index (χ3v) is 5.92. The first-order valence-corrected chi connectivity index (χ1v) is 10.1. The van der Waals surface area contributed by atoms with Gasteiger partial charge in [-0.25, -0.2) is 0 Å². The number of aromatic nitrogens is 1. The maximum atomic E-state index is 9.08. The molecule has 0 spiro atoms. The number of hydrogen-bond acceptors (Lipinski definition) is 2. The third kappa shape index (κ3) is 4.03. The van der Waals surface area contributed by atoms with E-state index in [1.54, 1.807) is 0 Å². The van der Waals surface area contributed by atoms with E-state index in [-0.39, 0.29) is 6.61 Å². The summed E-state index contributed by atoms with van der Waals surface area (Å²) in [5.41, 5.74) is 8.35. The van der Waals surface area contributed by atoms with Crippen molar-refractivity contribution in [2.45, 2.75) is 32.1 Å². The van der Waals surface area contributed by atoms with Gasteiger partial charge in [-0.3, -0.25) is 4.98 Å². The summed E-state index contributed by atoms with van der Waals surface area (Å²) in [4.78, 5) is 4.91. The van der Waals surface area contributed by atoms with Crippen molar-refractivity contribution < 1.29 is 5.11 Å². The van der Waals surface area contributed by atoms with E-state index in [4.69, 9.17) is 33.3 Å². The van der Waals surface area contributed by atoms with Crippen molar-refractivity contribution in [3.8, 4) is 11.3 Å². The smallest absolute Gasteiger partial charge is 0.0708 e. The second-order valence-corrected chi connectivity index (χ2v) is 7.86. The molecule has 0 fully saturated rings. The average molecular weight is 398 g/mol. The normalized spacial score (nSPS) is 13.0. The van der Waals surface area contributed by atoms with Crippen molar-refractivity contribution in [2.24, 2.45) is 0 Å². The molecule has 0 amide bonds. The van der Waals surface area contributed by atoms with Gasteiger partial charge in [-0.15, -0.1) is 0 Å². The fraction of sp³-hybridized carbons (Fsp3) is 0.261. The first kappa shape index (κ1) is 18.5. The Hall–Kier alpha value is -1.87. The van der Waals surface area contributed by atoms with Crippen LogP contribution in [0.4, 0.5) is 0 Å². The number of pyridine rings is 1. The van der Waals surface area contributed by atoms with Crippen LogP contribution in [0.5, 0.6) is 0 Å². The SMILES string of the molecule is OCCc1ccc(Cc2cc(-c3ccc(Cl)c(Cl)c3)nc3c2CCC3)cc1. The van der Waals surface area contributed by atoms with Gasteiger partial charge in [-0.05, 0) is 72.6 Å². The van der Waals surface area contributed by atoms with E-state index in [1.807, 2.05) is 18.2 Å². The molecule has 4 rings (SSSR count). The van der Waals surface area contributed by atoms with Crippen molar-refractivity contribution in [1.29, 1.82) is 0 Å². The van der Waals surface area contributed by atoms with Crippen molar-refractivity contribution in [2.75, 3.05) is 6.61 Å². The fourth-order valence-electron chi connectivity index (χ4n) is 3.76. The molecular weight excluding hydrogens is 377 g/mol. The molecule has 1 aliphatic carbocycles. The van der Waals surface area contributed by atoms with E-state index in [1.165, 1.54) is 22.4 Å². The van der Waals surface area contributed by atoms with E-state index < -0.39 is 0 Å². The molecule has 1 aliphatic rings. The van der Waals surface area contributed by atoms with Crippen LogP contribution in [-0.4, -0.2) is 16.7 Å². The summed E-state index contributed by atoms with van der Waals surface area (Å²) >= 11 is 12.3. The van der Waals surface area contributed by atoms with E-state index in [9.17, 15) is 0 Å². The Kier molecular flexibility index (Phi) is 5.49. The molecule has 0 atom stereocenters. The molecule has 1 N–H and O–H groups in total. The number of rotatable bonds is 5. The summed E-state index contributed by atoms with van der Waals surface area (Å²) in [6.45, 7) is 0.185.